The van der Waals surface area contributed by atoms with Gasteiger partial charge in [0.25, 0.3) is 0 Å². The number of nitrogen functional groups attached to an aromatic ring is 1. The SMILES string of the molecule is CC(c1ccc(Cl)cc1)N(C)c1nccnc1-c1ccc(N)cc1. The molecule has 0 bridgehead atoms. The molecular weight excluding hydrogens is 320 g/mol. The Labute approximate surface area is 146 Å². The van der Waals surface area contributed by atoms with Crippen LogP contribution in [0.2, 0.25) is 5.02 Å². The summed E-state index contributed by atoms with van der Waals surface area (Å²) in [7, 11) is 2.02. The maximum absolute atomic E-state index is 5.98. The summed E-state index contributed by atoms with van der Waals surface area (Å²) in [5.74, 6) is 0.824. The third kappa shape index (κ3) is 3.34. The van der Waals surface area contributed by atoms with Gasteiger partial charge in [-0.3, -0.25) is 4.98 Å². The van der Waals surface area contributed by atoms with Gasteiger partial charge in [-0.2, -0.15) is 0 Å². The average molecular weight is 339 g/mol. The molecule has 0 radical (unpaired) electrons. The molecule has 0 fully saturated rings. The molecule has 0 aliphatic carbocycles. The lowest BCUT2D eigenvalue weighted by molar-refractivity contribution is 0.727. The molecule has 0 saturated carbocycles. The Morgan fingerprint density at radius 2 is 1.58 bits per heavy atom. The number of anilines is 2. The van der Waals surface area contributed by atoms with E-state index >= 15 is 0 Å². The van der Waals surface area contributed by atoms with Crippen molar-refractivity contribution in [3.05, 3.63) is 71.5 Å². The molecule has 2 N–H and O–H groups in total. The summed E-state index contributed by atoms with van der Waals surface area (Å²) in [6, 6.07) is 15.7. The molecule has 0 spiro atoms. The highest BCUT2D eigenvalue weighted by molar-refractivity contribution is 6.30. The van der Waals surface area contributed by atoms with Crippen molar-refractivity contribution in [2.45, 2.75) is 13.0 Å². The van der Waals surface area contributed by atoms with Crippen molar-refractivity contribution in [3.8, 4) is 11.3 Å². The highest BCUT2D eigenvalue weighted by Crippen LogP contribution is 2.31. The zero-order valence-corrected chi connectivity index (χ0v) is 14.4. The van der Waals surface area contributed by atoms with E-state index in [-0.39, 0.29) is 6.04 Å². The number of benzene rings is 2. The Morgan fingerprint density at radius 3 is 2.25 bits per heavy atom. The number of hydrogen-bond donors (Lipinski definition) is 1. The molecule has 1 heterocycles. The molecule has 1 aromatic heterocycles. The van der Waals surface area contributed by atoms with E-state index in [4.69, 9.17) is 17.3 Å². The Bertz CT molecular complexity index is 816. The zero-order chi connectivity index (χ0) is 17.1. The van der Waals surface area contributed by atoms with Gasteiger partial charge in [-0.25, -0.2) is 4.98 Å². The lowest BCUT2D eigenvalue weighted by Gasteiger charge is -2.27. The summed E-state index contributed by atoms with van der Waals surface area (Å²) in [5.41, 5.74) is 9.50. The number of nitrogens with two attached hydrogens (primary N) is 1. The normalized spacial score (nSPS) is 12.0. The summed E-state index contributed by atoms with van der Waals surface area (Å²) in [5, 5.41) is 0.732. The molecule has 122 valence electrons. The van der Waals surface area contributed by atoms with E-state index in [0.717, 1.165) is 33.3 Å². The third-order valence-corrected chi connectivity index (χ3v) is 4.38. The summed E-state index contributed by atoms with van der Waals surface area (Å²) < 4.78 is 0. The minimum atomic E-state index is 0.131. The predicted molar refractivity (Wildman–Crippen MR) is 100 cm³/mol. The maximum atomic E-state index is 5.98. The minimum Gasteiger partial charge on any atom is -0.399 e. The first-order chi connectivity index (χ1) is 11.6. The van der Waals surface area contributed by atoms with Gasteiger partial charge in [-0.1, -0.05) is 35.9 Å². The van der Waals surface area contributed by atoms with Gasteiger partial charge >= 0.3 is 0 Å². The molecule has 0 saturated heterocycles. The van der Waals surface area contributed by atoms with Crippen LogP contribution in [0.4, 0.5) is 11.5 Å². The lowest BCUT2D eigenvalue weighted by Crippen LogP contribution is -2.23. The minimum absolute atomic E-state index is 0.131. The fraction of sp³-hybridized carbons (Fsp3) is 0.158. The number of nitrogens with zero attached hydrogens (tertiary/aromatic N) is 3. The van der Waals surface area contributed by atoms with Crippen molar-refractivity contribution in [1.29, 1.82) is 0 Å². The molecule has 3 aromatic rings. The molecule has 5 heteroatoms. The van der Waals surface area contributed by atoms with Crippen molar-refractivity contribution in [3.63, 3.8) is 0 Å². The first kappa shape index (κ1) is 16.3. The molecular formula is C19H19ClN4. The average Bonchev–Trinajstić information content (AvgIpc) is 2.62. The maximum Gasteiger partial charge on any atom is 0.155 e. The van der Waals surface area contributed by atoms with E-state index in [1.165, 1.54) is 0 Å². The standard InChI is InChI=1S/C19H19ClN4/c1-13(14-3-7-16(20)8-4-14)24(2)19-18(22-11-12-23-19)15-5-9-17(21)10-6-15/h3-13H,21H2,1-2H3. The molecule has 3 rings (SSSR count). The van der Waals surface area contributed by atoms with E-state index in [9.17, 15) is 0 Å². The number of hydrogen-bond acceptors (Lipinski definition) is 4. The second kappa shape index (κ2) is 6.89. The Morgan fingerprint density at radius 1 is 0.958 bits per heavy atom. The second-order valence-electron chi connectivity index (χ2n) is 5.69. The highest BCUT2D eigenvalue weighted by atomic mass is 35.5. The van der Waals surface area contributed by atoms with Crippen LogP contribution < -0.4 is 10.6 Å². The monoisotopic (exact) mass is 338 g/mol. The van der Waals surface area contributed by atoms with Crippen LogP contribution in [0, 0.1) is 0 Å². The van der Waals surface area contributed by atoms with Gasteiger partial charge in [0.1, 0.15) is 5.69 Å². The largest absolute Gasteiger partial charge is 0.399 e. The van der Waals surface area contributed by atoms with E-state index in [1.807, 2.05) is 55.6 Å². The molecule has 24 heavy (non-hydrogen) atoms. The summed E-state index contributed by atoms with van der Waals surface area (Å²) in [4.78, 5) is 11.2. The molecule has 1 unspecified atom stereocenters. The van der Waals surface area contributed by atoms with Crippen molar-refractivity contribution < 1.29 is 0 Å². The fourth-order valence-corrected chi connectivity index (χ4v) is 2.71. The number of halogens is 1. The molecule has 0 amide bonds. The van der Waals surface area contributed by atoms with E-state index in [2.05, 4.69) is 21.8 Å². The number of rotatable bonds is 4. The highest BCUT2D eigenvalue weighted by Gasteiger charge is 2.18. The Hall–Kier alpha value is -2.59. The molecule has 1 atom stereocenters. The van der Waals surface area contributed by atoms with E-state index in [0.29, 0.717) is 0 Å². The fourth-order valence-electron chi connectivity index (χ4n) is 2.58. The van der Waals surface area contributed by atoms with E-state index < -0.39 is 0 Å². The summed E-state index contributed by atoms with van der Waals surface area (Å²) in [6.07, 6.45) is 3.41. The molecule has 4 nitrogen and oxygen atoms in total. The Kier molecular flexibility index (Phi) is 4.67. The van der Waals surface area contributed by atoms with Crippen LogP contribution in [-0.2, 0) is 0 Å². The second-order valence-corrected chi connectivity index (χ2v) is 6.13. The quantitative estimate of drug-likeness (QED) is 0.707. The van der Waals surface area contributed by atoms with Crippen LogP contribution >= 0.6 is 11.6 Å². The van der Waals surface area contributed by atoms with Gasteiger partial charge in [0.15, 0.2) is 5.82 Å². The molecule has 2 aromatic carbocycles. The van der Waals surface area contributed by atoms with Gasteiger partial charge in [0.2, 0.25) is 0 Å². The van der Waals surface area contributed by atoms with Gasteiger partial charge in [-0.15, -0.1) is 0 Å². The molecule has 0 aliphatic rings. The zero-order valence-electron chi connectivity index (χ0n) is 13.6. The predicted octanol–water partition coefficient (Wildman–Crippen LogP) is 4.58. The van der Waals surface area contributed by atoms with Crippen molar-refractivity contribution in [2.24, 2.45) is 0 Å². The van der Waals surface area contributed by atoms with Gasteiger partial charge < -0.3 is 10.6 Å². The smallest absolute Gasteiger partial charge is 0.155 e. The summed E-state index contributed by atoms with van der Waals surface area (Å²) in [6.45, 7) is 2.13. The van der Waals surface area contributed by atoms with Gasteiger partial charge in [-0.05, 0) is 36.8 Å². The van der Waals surface area contributed by atoms with Crippen LogP contribution in [0.25, 0.3) is 11.3 Å². The van der Waals surface area contributed by atoms with E-state index in [1.54, 1.807) is 12.4 Å². The first-order valence-electron chi connectivity index (χ1n) is 7.71. The first-order valence-corrected chi connectivity index (χ1v) is 8.09. The molecule has 0 aliphatic heterocycles. The van der Waals surface area contributed by atoms with Crippen LogP contribution in [-0.4, -0.2) is 17.0 Å². The third-order valence-electron chi connectivity index (χ3n) is 4.13. The van der Waals surface area contributed by atoms with Crippen LogP contribution in [0.5, 0.6) is 0 Å². The van der Waals surface area contributed by atoms with Crippen molar-refractivity contribution in [2.75, 3.05) is 17.7 Å². The summed E-state index contributed by atoms with van der Waals surface area (Å²) >= 11 is 5.98. The number of aromatic nitrogens is 2. The topological polar surface area (TPSA) is 55.0 Å². The van der Waals surface area contributed by atoms with Crippen molar-refractivity contribution in [1.82, 2.24) is 9.97 Å². The van der Waals surface area contributed by atoms with Crippen LogP contribution in [0.1, 0.15) is 18.5 Å². The van der Waals surface area contributed by atoms with Gasteiger partial charge in [0, 0.05) is 35.7 Å². The Balaban J connectivity index is 1.96. The van der Waals surface area contributed by atoms with Crippen LogP contribution in [0.15, 0.2) is 60.9 Å². The van der Waals surface area contributed by atoms with Gasteiger partial charge in [0.05, 0.1) is 6.04 Å². The lowest BCUT2D eigenvalue weighted by atomic mass is 10.1. The van der Waals surface area contributed by atoms with Crippen LogP contribution in [0.3, 0.4) is 0 Å². The van der Waals surface area contributed by atoms with Crippen molar-refractivity contribution >= 4 is 23.1 Å².